The fourth-order valence-electron chi connectivity index (χ4n) is 1.41. The first kappa shape index (κ1) is 11.3. The zero-order chi connectivity index (χ0) is 11.9. The molecule has 0 amide bonds. The largest absolute Gasteiger partial charge is 0.497 e. The second kappa shape index (κ2) is 5.75. The molecule has 2 heteroatoms. The van der Waals surface area contributed by atoms with Crippen molar-refractivity contribution in [3.8, 4) is 11.5 Å². The van der Waals surface area contributed by atoms with E-state index in [1.807, 2.05) is 60.7 Å². The van der Waals surface area contributed by atoms with Crippen molar-refractivity contribution in [1.82, 2.24) is 0 Å². The van der Waals surface area contributed by atoms with Crippen molar-refractivity contribution in [3.05, 3.63) is 66.4 Å². The van der Waals surface area contributed by atoms with Gasteiger partial charge in [-0.15, -0.1) is 0 Å². The number of rotatable bonds is 4. The van der Waals surface area contributed by atoms with Crippen molar-refractivity contribution in [2.75, 3.05) is 7.11 Å². The lowest BCUT2D eigenvalue weighted by Crippen LogP contribution is -1.83. The molecule has 0 N–H and O–H groups in total. The average molecular weight is 226 g/mol. The van der Waals surface area contributed by atoms with Crippen LogP contribution in [0.25, 0.3) is 6.08 Å². The molecule has 0 heterocycles. The first-order valence-corrected chi connectivity index (χ1v) is 5.41. The van der Waals surface area contributed by atoms with Gasteiger partial charge < -0.3 is 9.47 Å². The van der Waals surface area contributed by atoms with Gasteiger partial charge in [-0.2, -0.15) is 0 Å². The third-order valence-electron chi connectivity index (χ3n) is 2.32. The maximum absolute atomic E-state index is 5.45. The fraction of sp³-hybridized carbons (Fsp3) is 0.0667. The summed E-state index contributed by atoms with van der Waals surface area (Å²) < 4.78 is 10.5. The van der Waals surface area contributed by atoms with Crippen LogP contribution >= 0.6 is 0 Å². The smallest absolute Gasteiger partial charge is 0.126 e. The van der Waals surface area contributed by atoms with Gasteiger partial charge in [0.2, 0.25) is 0 Å². The van der Waals surface area contributed by atoms with Gasteiger partial charge in [-0.3, -0.25) is 0 Å². The summed E-state index contributed by atoms with van der Waals surface area (Å²) in [4.78, 5) is 0. The third kappa shape index (κ3) is 3.38. The van der Waals surface area contributed by atoms with Crippen molar-refractivity contribution in [1.29, 1.82) is 0 Å². The number of benzene rings is 2. The van der Waals surface area contributed by atoms with Crippen molar-refractivity contribution in [2.45, 2.75) is 0 Å². The van der Waals surface area contributed by atoms with Crippen LogP contribution in [-0.4, -0.2) is 7.11 Å². The van der Waals surface area contributed by atoms with Gasteiger partial charge in [-0.1, -0.05) is 30.3 Å². The summed E-state index contributed by atoms with van der Waals surface area (Å²) in [5, 5.41) is 0. The van der Waals surface area contributed by atoms with E-state index >= 15 is 0 Å². The van der Waals surface area contributed by atoms with Crippen molar-refractivity contribution < 1.29 is 9.47 Å². The summed E-state index contributed by atoms with van der Waals surface area (Å²) in [5.74, 6) is 1.68. The monoisotopic (exact) mass is 226 g/mol. The summed E-state index contributed by atoms with van der Waals surface area (Å²) in [6.45, 7) is 0. The minimum atomic E-state index is 0.831. The van der Waals surface area contributed by atoms with Gasteiger partial charge in [0.05, 0.1) is 13.4 Å². The zero-order valence-electron chi connectivity index (χ0n) is 9.67. The van der Waals surface area contributed by atoms with Crippen LogP contribution in [0.4, 0.5) is 0 Å². The van der Waals surface area contributed by atoms with Crippen LogP contribution in [-0.2, 0) is 0 Å². The van der Waals surface area contributed by atoms with E-state index in [2.05, 4.69) is 0 Å². The average Bonchev–Trinajstić information content (AvgIpc) is 2.41. The Morgan fingerprint density at radius 1 is 0.824 bits per heavy atom. The van der Waals surface area contributed by atoms with Gasteiger partial charge in [0.1, 0.15) is 11.5 Å². The van der Waals surface area contributed by atoms with Gasteiger partial charge in [-0.25, -0.2) is 0 Å². The van der Waals surface area contributed by atoms with Crippen LogP contribution in [0.1, 0.15) is 5.56 Å². The van der Waals surface area contributed by atoms with Crippen LogP contribution in [0.3, 0.4) is 0 Å². The molecular formula is C15H14O2. The molecule has 2 nitrogen and oxygen atoms in total. The van der Waals surface area contributed by atoms with Crippen molar-refractivity contribution in [2.24, 2.45) is 0 Å². The Hall–Kier alpha value is -2.22. The van der Waals surface area contributed by atoms with Crippen LogP contribution < -0.4 is 9.47 Å². The number of methoxy groups -OCH3 is 1. The van der Waals surface area contributed by atoms with E-state index in [0.717, 1.165) is 17.1 Å². The first-order chi connectivity index (χ1) is 8.38. The Labute approximate surface area is 101 Å². The van der Waals surface area contributed by atoms with Crippen molar-refractivity contribution >= 4 is 6.08 Å². The molecule has 2 aromatic carbocycles. The van der Waals surface area contributed by atoms with Gasteiger partial charge in [0.25, 0.3) is 0 Å². The minimum Gasteiger partial charge on any atom is -0.497 e. The van der Waals surface area contributed by atoms with Crippen LogP contribution in [0.15, 0.2) is 60.9 Å². The summed E-state index contributed by atoms with van der Waals surface area (Å²) in [7, 11) is 1.66. The second-order valence-electron chi connectivity index (χ2n) is 3.51. The van der Waals surface area contributed by atoms with Gasteiger partial charge in [0, 0.05) is 0 Å². The summed E-state index contributed by atoms with van der Waals surface area (Å²) in [6, 6.07) is 17.5. The molecule has 0 saturated carbocycles. The molecule has 0 saturated heterocycles. The number of para-hydroxylation sites is 1. The number of hydrogen-bond acceptors (Lipinski definition) is 2. The maximum Gasteiger partial charge on any atom is 0.126 e. The van der Waals surface area contributed by atoms with Crippen LogP contribution in [0, 0.1) is 0 Å². The normalized spacial score (nSPS) is 10.4. The molecule has 17 heavy (non-hydrogen) atoms. The molecule has 0 spiro atoms. The lowest BCUT2D eigenvalue weighted by atomic mass is 10.2. The standard InChI is InChI=1S/C15H14O2/c1-16-14-9-7-13(8-10-14)11-12-17-15-5-3-2-4-6-15/h2-12H,1H3/b12-11-. The highest BCUT2D eigenvalue weighted by Crippen LogP contribution is 2.13. The minimum absolute atomic E-state index is 0.831. The quantitative estimate of drug-likeness (QED) is 0.739. The van der Waals surface area contributed by atoms with E-state index in [0.29, 0.717) is 0 Å². The molecule has 0 aliphatic carbocycles. The predicted molar refractivity (Wildman–Crippen MR) is 69.1 cm³/mol. The lowest BCUT2D eigenvalue weighted by Gasteiger charge is -2.00. The Morgan fingerprint density at radius 2 is 1.53 bits per heavy atom. The molecule has 0 atom stereocenters. The maximum atomic E-state index is 5.45. The molecule has 0 aliphatic rings. The predicted octanol–water partition coefficient (Wildman–Crippen LogP) is 3.74. The molecule has 0 radical (unpaired) electrons. The fourth-order valence-corrected chi connectivity index (χ4v) is 1.41. The topological polar surface area (TPSA) is 18.5 Å². The van der Waals surface area contributed by atoms with E-state index in [9.17, 15) is 0 Å². The van der Waals surface area contributed by atoms with Gasteiger partial charge in [0.15, 0.2) is 0 Å². The Balaban J connectivity index is 1.96. The molecule has 2 aromatic rings. The highest BCUT2D eigenvalue weighted by Gasteiger charge is 1.90. The van der Waals surface area contributed by atoms with E-state index in [4.69, 9.17) is 9.47 Å². The SMILES string of the molecule is COc1ccc(/C=C\Oc2ccccc2)cc1. The van der Waals surface area contributed by atoms with Crippen LogP contribution in [0.2, 0.25) is 0 Å². The summed E-state index contributed by atoms with van der Waals surface area (Å²) in [6.07, 6.45) is 3.59. The van der Waals surface area contributed by atoms with E-state index in [1.54, 1.807) is 13.4 Å². The first-order valence-electron chi connectivity index (χ1n) is 5.41. The van der Waals surface area contributed by atoms with Gasteiger partial charge >= 0.3 is 0 Å². The highest BCUT2D eigenvalue weighted by molar-refractivity contribution is 5.50. The van der Waals surface area contributed by atoms with Crippen molar-refractivity contribution in [3.63, 3.8) is 0 Å². The Morgan fingerprint density at radius 3 is 2.18 bits per heavy atom. The molecule has 0 unspecified atom stereocenters. The van der Waals surface area contributed by atoms with E-state index in [1.165, 1.54) is 0 Å². The molecule has 0 aliphatic heterocycles. The number of hydrogen-bond donors (Lipinski definition) is 0. The molecule has 86 valence electrons. The summed E-state index contributed by atoms with van der Waals surface area (Å²) in [5.41, 5.74) is 1.07. The zero-order valence-corrected chi connectivity index (χ0v) is 9.67. The highest BCUT2D eigenvalue weighted by atomic mass is 16.5. The Bertz CT molecular complexity index is 472. The second-order valence-corrected chi connectivity index (χ2v) is 3.51. The Kier molecular flexibility index (Phi) is 3.81. The third-order valence-corrected chi connectivity index (χ3v) is 2.32. The lowest BCUT2D eigenvalue weighted by molar-refractivity contribution is 0.415. The van der Waals surface area contributed by atoms with E-state index < -0.39 is 0 Å². The summed E-state index contributed by atoms with van der Waals surface area (Å²) >= 11 is 0. The number of ether oxygens (including phenoxy) is 2. The molecular weight excluding hydrogens is 212 g/mol. The molecule has 0 bridgehead atoms. The van der Waals surface area contributed by atoms with E-state index in [-0.39, 0.29) is 0 Å². The van der Waals surface area contributed by atoms with Crippen LogP contribution in [0.5, 0.6) is 11.5 Å². The molecule has 0 fully saturated rings. The van der Waals surface area contributed by atoms with Gasteiger partial charge in [-0.05, 0) is 35.9 Å². The molecule has 0 aromatic heterocycles. The molecule has 2 rings (SSSR count).